The van der Waals surface area contributed by atoms with E-state index in [9.17, 15) is 8.78 Å². The summed E-state index contributed by atoms with van der Waals surface area (Å²) in [5.74, 6) is 0. The SMILES string of the molecule is FC(F)c1ccc(C=CCCBr)cc1. The molecule has 0 amide bonds. The Morgan fingerprint density at radius 2 is 1.86 bits per heavy atom. The molecular weight excluding hydrogens is 250 g/mol. The summed E-state index contributed by atoms with van der Waals surface area (Å²) in [5.41, 5.74) is 1.03. The molecule has 0 heterocycles. The first kappa shape index (κ1) is 11.4. The Labute approximate surface area is 90.8 Å². The lowest BCUT2D eigenvalue weighted by molar-refractivity contribution is 0.151. The summed E-state index contributed by atoms with van der Waals surface area (Å²) in [4.78, 5) is 0. The van der Waals surface area contributed by atoms with Gasteiger partial charge in [0.1, 0.15) is 0 Å². The maximum absolute atomic E-state index is 12.2. The van der Waals surface area contributed by atoms with Crippen LogP contribution in [0.15, 0.2) is 30.3 Å². The zero-order valence-electron chi connectivity index (χ0n) is 7.59. The molecule has 76 valence electrons. The van der Waals surface area contributed by atoms with Gasteiger partial charge in [-0.05, 0) is 12.0 Å². The van der Waals surface area contributed by atoms with Crippen molar-refractivity contribution in [2.45, 2.75) is 12.8 Å². The summed E-state index contributed by atoms with van der Waals surface area (Å²) in [6, 6.07) is 6.31. The molecule has 0 unspecified atom stereocenters. The molecule has 0 spiro atoms. The van der Waals surface area contributed by atoms with E-state index in [1.54, 1.807) is 12.1 Å². The van der Waals surface area contributed by atoms with E-state index in [1.165, 1.54) is 12.1 Å². The van der Waals surface area contributed by atoms with Crippen LogP contribution in [0.5, 0.6) is 0 Å². The molecule has 0 saturated heterocycles. The van der Waals surface area contributed by atoms with Gasteiger partial charge in [0, 0.05) is 10.9 Å². The van der Waals surface area contributed by atoms with Crippen LogP contribution in [0.3, 0.4) is 0 Å². The van der Waals surface area contributed by atoms with E-state index in [0.29, 0.717) is 0 Å². The molecular formula is C11H11BrF2. The van der Waals surface area contributed by atoms with Crippen LogP contribution in [0.1, 0.15) is 24.0 Å². The largest absolute Gasteiger partial charge is 0.263 e. The first-order chi connectivity index (χ1) is 6.74. The van der Waals surface area contributed by atoms with E-state index < -0.39 is 6.43 Å². The van der Waals surface area contributed by atoms with Gasteiger partial charge in [-0.15, -0.1) is 0 Å². The van der Waals surface area contributed by atoms with Crippen LogP contribution < -0.4 is 0 Å². The lowest BCUT2D eigenvalue weighted by Crippen LogP contribution is -1.82. The van der Waals surface area contributed by atoms with Gasteiger partial charge >= 0.3 is 0 Å². The van der Waals surface area contributed by atoms with Crippen LogP contribution >= 0.6 is 15.9 Å². The van der Waals surface area contributed by atoms with Gasteiger partial charge < -0.3 is 0 Å². The topological polar surface area (TPSA) is 0 Å². The van der Waals surface area contributed by atoms with E-state index in [0.717, 1.165) is 17.3 Å². The van der Waals surface area contributed by atoms with Crippen LogP contribution in [0, 0.1) is 0 Å². The fraction of sp³-hybridized carbons (Fsp3) is 0.273. The molecule has 0 fully saturated rings. The number of rotatable bonds is 4. The second kappa shape index (κ2) is 5.91. The number of hydrogen-bond donors (Lipinski definition) is 0. The molecule has 0 radical (unpaired) electrons. The van der Waals surface area contributed by atoms with Crippen LogP contribution in [0.25, 0.3) is 6.08 Å². The van der Waals surface area contributed by atoms with Gasteiger partial charge in [0.2, 0.25) is 0 Å². The van der Waals surface area contributed by atoms with Gasteiger partial charge in [0.15, 0.2) is 0 Å². The van der Waals surface area contributed by atoms with Crippen molar-refractivity contribution in [3.63, 3.8) is 0 Å². The molecule has 0 saturated carbocycles. The molecule has 0 aromatic heterocycles. The normalized spacial score (nSPS) is 11.4. The smallest absolute Gasteiger partial charge is 0.205 e. The molecule has 1 aromatic carbocycles. The third kappa shape index (κ3) is 3.58. The maximum atomic E-state index is 12.2. The Morgan fingerprint density at radius 3 is 2.36 bits per heavy atom. The minimum Gasteiger partial charge on any atom is -0.205 e. The van der Waals surface area contributed by atoms with E-state index in [-0.39, 0.29) is 5.56 Å². The fourth-order valence-corrected chi connectivity index (χ4v) is 1.30. The monoisotopic (exact) mass is 260 g/mol. The van der Waals surface area contributed by atoms with Crippen molar-refractivity contribution in [3.05, 3.63) is 41.5 Å². The average molecular weight is 261 g/mol. The molecule has 0 aliphatic carbocycles. The first-order valence-corrected chi connectivity index (χ1v) is 5.47. The van der Waals surface area contributed by atoms with Gasteiger partial charge in [-0.3, -0.25) is 0 Å². The quantitative estimate of drug-likeness (QED) is 0.703. The lowest BCUT2D eigenvalue weighted by Gasteiger charge is -1.99. The van der Waals surface area contributed by atoms with Crippen molar-refractivity contribution in [1.82, 2.24) is 0 Å². The minimum absolute atomic E-state index is 0.0719. The number of alkyl halides is 3. The Balaban J connectivity index is 2.64. The highest BCUT2D eigenvalue weighted by Gasteiger charge is 2.04. The lowest BCUT2D eigenvalue weighted by atomic mass is 10.1. The van der Waals surface area contributed by atoms with Crippen molar-refractivity contribution < 1.29 is 8.78 Å². The van der Waals surface area contributed by atoms with Gasteiger partial charge in [-0.25, -0.2) is 8.78 Å². The minimum atomic E-state index is -2.38. The van der Waals surface area contributed by atoms with Crippen LogP contribution in [-0.2, 0) is 0 Å². The Morgan fingerprint density at radius 1 is 1.21 bits per heavy atom. The van der Waals surface area contributed by atoms with Crippen LogP contribution in [0.2, 0.25) is 0 Å². The van der Waals surface area contributed by atoms with Crippen molar-refractivity contribution in [2.24, 2.45) is 0 Å². The molecule has 0 nitrogen and oxygen atoms in total. The van der Waals surface area contributed by atoms with Crippen molar-refractivity contribution in [3.8, 4) is 0 Å². The molecule has 0 bridgehead atoms. The Kier molecular flexibility index (Phi) is 4.80. The second-order valence-electron chi connectivity index (χ2n) is 2.85. The maximum Gasteiger partial charge on any atom is 0.263 e. The summed E-state index contributed by atoms with van der Waals surface area (Å²) < 4.78 is 24.4. The molecule has 0 atom stereocenters. The molecule has 1 rings (SSSR count). The molecule has 14 heavy (non-hydrogen) atoms. The zero-order chi connectivity index (χ0) is 10.4. The van der Waals surface area contributed by atoms with Crippen LogP contribution in [0.4, 0.5) is 8.78 Å². The standard InChI is InChI=1S/C11H11BrF2/c12-8-2-1-3-9-4-6-10(7-5-9)11(13)14/h1,3-7,11H,2,8H2. The van der Waals surface area contributed by atoms with E-state index in [1.807, 2.05) is 12.2 Å². The highest BCUT2D eigenvalue weighted by molar-refractivity contribution is 9.09. The molecule has 3 heteroatoms. The van der Waals surface area contributed by atoms with E-state index in [4.69, 9.17) is 0 Å². The van der Waals surface area contributed by atoms with E-state index in [2.05, 4.69) is 15.9 Å². The summed E-state index contributed by atoms with van der Waals surface area (Å²) in [7, 11) is 0. The molecule has 0 aliphatic rings. The third-order valence-corrected chi connectivity index (χ3v) is 2.23. The van der Waals surface area contributed by atoms with Gasteiger partial charge in [0.05, 0.1) is 0 Å². The molecule has 1 aromatic rings. The van der Waals surface area contributed by atoms with Gasteiger partial charge in [0.25, 0.3) is 6.43 Å². The molecule has 0 N–H and O–H groups in total. The number of benzene rings is 1. The van der Waals surface area contributed by atoms with E-state index >= 15 is 0 Å². The highest BCUT2D eigenvalue weighted by atomic mass is 79.9. The predicted molar refractivity (Wildman–Crippen MR) is 58.8 cm³/mol. The van der Waals surface area contributed by atoms with Crippen molar-refractivity contribution in [1.29, 1.82) is 0 Å². The fourth-order valence-electron chi connectivity index (χ4n) is 1.04. The summed E-state index contributed by atoms with van der Waals surface area (Å²) in [6.07, 6.45) is 2.50. The predicted octanol–water partition coefficient (Wildman–Crippen LogP) is 4.42. The van der Waals surface area contributed by atoms with Crippen LogP contribution in [-0.4, -0.2) is 5.33 Å². The summed E-state index contributed by atoms with van der Waals surface area (Å²) in [5, 5.41) is 0.915. The second-order valence-corrected chi connectivity index (χ2v) is 3.64. The zero-order valence-corrected chi connectivity index (χ0v) is 9.18. The number of hydrogen-bond acceptors (Lipinski definition) is 0. The number of halogens is 3. The van der Waals surface area contributed by atoms with Crippen molar-refractivity contribution >= 4 is 22.0 Å². The Bertz CT molecular complexity index is 291. The summed E-state index contributed by atoms with van der Waals surface area (Å²) in [6.45, 7) is 0. The summed E-state index contributed by atoms with van der Waals surface area (Å²) >= 11 is 3.30. The van der Waals surface area contributed by atoms with Gasteiger partial charge in [-0.1, -0.05) is 52.3 Å². The first-order valence-electron chi connectivity index (χ1n) is 4.34. The average Bonchev–Trinajstić information content (AvgIpc) is 2.19. The van der Waals surface area contributed by atoms with Crippen molar-refractivity contribution in [2.75, 3.05) is 5.33 Å². The molecule has 0 aliphatic heterocycles. The van der Waals surface area contributed by atoms with Gasteiger partial charge in [-0.2, -0.15) is 0 Å². The highest BCUT2D eigenvalue weighted by Crippen LogP contribution is 2.19. The number of allylic oxidation sites excluding steroid dienone is 1. The third-order valence-electron chi connectivity index (χ3n) is 1.77. The Hall–Kier alpha value is -0.700.